The molecule has 0 fully saturated rings. The summed E-state index contributed by atoms with van der Waals surface area (Å²) < 4.78 is 4.93. The lowest BCUT2D eigenvalue weighted by Gasteiger charge is -2.08. The molecule has 1 aromatic rings. The molecule has 2 nitrogen and oxygen atoms in total. The van der Waals surface area contributed by atoms with Crippen LogP contribution in [0, 0.1) is 0 Å². The Morgan fingerprint density at radius 3 is 2.56 bits per heavy atom. The Kier molecular flexibility index (Phi) is 4.77. The van der Waals surface area contributed by atoms with Crippen LogP contribution in [0.1, 0.15) is 32.3 Å². The molecule has 1 atom stereocenters. The highest BCUT2D eigenvalue weighted by Gasteiger charge is 2.07. The number of esters is 1. The minimum absolute atomic E-state index is 0.227. The van der Waals surface area contributed by atoms with Gasteiger partial charge < -0.3 is 4.74 Å². The van der Waals surface area contributed by atoms with Crippen LogP contribution in [0.25, 0.3) is 0 Å². The van der Waals surface area contributed by atoms with Gasteiger partial charge in [0.15, 0.2) is 0 Å². The molecule has 0 heterocycles. The van der Waals surface area contributed by atoms with E-state index in [-0.39, 0.29) is 11.9 Å². The summed E-state index contributed by atoms with van der Waals surface area (Å²) in [4.78, 5) is 11.4. The second kappa shape index (κ2) is 6.11. The van der Waals surface area contributed by atoms with Gasteiger partial charge in [0.25, 0.3) is 0 Å². The molecule has 0 aliphatic rings. The summed E-state index contributed by atoms with van der Waals surface area (Å²) in [5, 5.41) is 0. The first kappa shape index (κ1) is 12.5. The summed E-state index contributed by atoms with van der Waals surface area (Å²) in [5.41, 5.74) is 1.87. The van der Waals surface area contributed by atoms with Crippen molar-refractivity contribution in [2.75, 3.05) is 6.61 Å². The highest BCUT2D eigenvalue weighted by Crippen LogP contribution is 2.18. The van der Waals surface area contributed by atoms with Gasteiger partial charge in [0, 0.05) is 5.57 Å². The van der Waals surface area contributed by atoms with Crippen molar-refractivity contribution in [1.82, 2.24) is 0 Å². The van der Waals surface area contributed by atoms with Crippen molar-refractivity contribution >= 4 is 5.97 Å². The Morgan fingerprint density at radius 2 is 2.00 bits per heavy atom. The molecule has 0 radical (unpaired) electrons. The minimum atomic E-state index is -0.231. The number of ether oxygens (including phenoxy) is 1. The van der Waals surface area contributed by atoms with Crippen molar-refractivity contribution < 1.29 is 9.53 Å². The molecule has 0 aliphatic heterocycles. The Hall–Kier alpha value is -1.57. The van der Waals surface area contributed by atoms with Gasteiger partial charge in [-0.3, -0.25) is 0 Å². The molecule has 1 aromatic carbocycles. The Bertz CT molecular complexity index is 366. The number of rotatable bonds is 4. The third kappa shape index (κ3) is 3.54. The summed E-state index contributed by atoms with van der Waals surface area (Å²) >= 11 is 0. The van der Waals surface area contributed by atoms with Crippen LogP contribution in [-0.4, -0.2) is 12.6 Å². The van der Waals surface area contributed by atoms with Crippen molar-refractivity contribution in [2.24, 2.45) is 0 Å². The fourth-order valence-electron chi connectivity index (χ4n) is 1.54. The molecule has 2 heteroatoms. The van der Waals surface area contributed by atoms with Gasteiger partial charge in [-0.2, -0.15) is 0 Å². The lowest BCUT2D eigenvalue weighted by atomic mass is 9.99. The molecule has 0 bridgehead atoms. The predicted octanol–water partition coefficient (Wildman–Crippen LogP) is 3.30. The molecule has 0 amide bonds. The number of benzene rings is 1. The fourth-order valence-corrected chi connectivity index (χ4v) is 1.54. The van der Waals surface area contributed by atoms with Gasteiger partial charge in [0.05, 0.1) is 6.61 Å². The van der Waals surface area contributed by atoms with Crippen LogP contribution in [0.15, 0.2) is 42.0 Å². The molecule has 86 valence electrons. The first-order valence-electron chi connectivity index (χ1n) is 5.55. The van der Waals surface area contributed by atoms with E-state index in [4.69, 9.17) is 4.74 Å². The van der Waals surface area contributed by atoms with E-state index >= 15 is 0 Å². The van der Waals surface area contributed by atoms with E-state index in [1.807, 2.05) is 31.2 Å². The van der Waals surface area contributed by atoms with Gasteiger partial charge in [-0.25, -0.2) is 4.79 Å². The van der Waals surface area contributed by atoms with Crippen molar-refractivity contribution in [3.63, 3.8) is 0 Å². The summed E-state index contributed by atoms with van der Waals surface area (Å²) in [6, 6.07) is 10.1. The normalized spacial score (nSPS) is 13.3. The first-order chi connectivity index (χ1) is 7.65. The van der Waals surface area contributed by atoms with E-state index < -0.39 is 0 Å². The van der Waals surface area contributed by atoms with Gasteiger partial charge in [-0.05, 0) is 25.3 Å². The van der Waals surface area contributed by atoms with E-state index in [2.05, 4.69) is 19.1 Å². The van der Waals surface area contributed by atoms with Crippen molar-refractivity contribution in [1.29, 1.82) is 0 Å². The highest BCUT2D eigenvalue weighted by atomic mass is 16.5. The molecule has 0 saturated heterocycles. The lowest BCUT2D eigenvalue weighted by Crippen LogP contribution is -2.06. The van der Waals surface area contributed by atoms with E-state index in [1.54, 1.807) is 6.92 Å². The Balaban J connectivity index is 2.73. The molecule has 0 unspecified atom stereocenters. The zero-order chi connectivity index (χ0) is 12.0. The molecule has 0 aliphatic carbocycles. The second-order valence-corrected chi connectivity index (χ2v) is 3.77. The van der Waals surface area contributed by atoms with Gasteiger partial charge in [-0.1, -0.05) is 43.3 Å². The zero-order valence-electron chi connectivity index (χ0n) is 10.1. The molecule has 1 rings (SSSR count). The summed E-state index contributed by atoms with van der Waals surface area (Å²) in [5.74, 6) is -0.00381. The van der Waals surface area contributed by atoms with Gasteiger partial charge in [0.2, 0.25) is 0 Å². The highest BCUT2D eigenvalue weighted by molar-refractivity contribution is 5.87. The third-order valence-corrected chi connectivity index (χ3v) is 2.42. The monoisotopic (exact) mass is 218 g/mol. The van der Waals surface area contributed by atoms with Gasteiger partial charge in [0.1, 0.15) is 0 Å². The van der Waals surface area contributed by atoms with E-state index in [0.717, 1.165) is 0 Å². The maximum atomic E-state index is 11.4. The quantitative estimate of drug-likeness (QED) is 0.572. The van der Waals surface area contributed by atoms with Crippen LogP contribution in [-0.2, 0) is 9.53 Å². The average molecular weight is 218 g/mol. The van der Waals surface area contributed by atoms with Crippen LogP contribution in [0.4, 0.5) is 0 Å². The molecular weight excluding hydrogens is 200 g/mol. The minimum Gasteiger partial charge on any atom is -0.463 e. The SMILES string of the molecule is CCOC(=O)/C(C)=C/[C@H](C)c1ccccc1. The van der Waals surface area contributed by atoms with E-state index in [0.29, 0.717) is 12.2 Å². The maximum Gasteiger partial charge on any atom is 0.333 e. The van der Waals surface area contributed by atoms with Crippen LogP contribution < -0.4 is 0 Å². The number of hydrogen-bond acceptors (Lipinski definition) is 2. The number of hydrogen-bond donors (Lipinski definition) is 0. The van der Waals surface area contributed by atoms with Crippen LogP contribution in [0.2, 0.25) is 0 Å². The average Bonchev–Trinajstić information content (AvgIpc) is 2.30. The smallest absolute Gasteiger partial charge is 0.333 e. The number of carbonyl (C=O) groups excluding carboxylic acids is 1. The molecule has 0 N–H and O–H groups in total. The number of carbonyl (C=O) groups is 1. The van der Waals surface area contributed by atoms with Crippen LogP contribution in [0.5, 0.6) is 0 Å². The van der Waals surface area contributed by atoms with Crippen LogP contribution in [0.3, 0.4) is 0 Å². The van der Waals surface area contributed by atoms with Gasteiger partial charge >= 0.3 is 5.97 Å². The second-order valence-electron chi connectivity index (χ2n) is 3.77. The van der Waals surface area contributed by atoms with E-state index in [1.165, 1.54) is 5.56 Å². The molecule has 0 aromatic heterocycles. The standard InChI is InChI=1S/C14H18O2/c1-4-16-14(15)12(3)10-11(2)13-8-6-5-7-9-13/h5-11H,4H2,1-3H3/b12-10+/t11-/m0/s1. The number of allylic oxidation sites excluding steroid dienone is 1. The topological polar surface area (TPSA) is 26.3 Å². The largest absolute Gasteiger partial charge is 0.463 e. The Morgan fingerprint density at radius 1 is 1.38 bits per heavy atom. The van der Waals surface area contributed by atoms with Crippen molar-refractivity contribution in [2.45, 2.75) is 26.7 Å². The summed E-state index contributed by atoms with van der Waals surface area (Å²) in [6.45, 7) is 6.09. The first-order valence-corrected chi connectivity index (χ1v) is 5.55. The van der Waals surface area contributed by atoms with E-state index in [9.17, 15) is 4.79 Å². The molecule has 0 saturated carbocycles. The maximum absolute atomic E-state index is 11.4. The third-order valence-electron chi connectivity index (χ3n) is 2.42. The summed E-state index contributed by atoms with van der Waals surface area (Å²) in [6.07, 6.45) is 1.94. The van der Waals surface area contributed by atoms with Gasteiger partial charge in [-0.15, -0.1) is 0 Å². The lowest BCUT2D eigenvalue weighted by molar-refractivity contribution is -0.138. The molecule has 16 heavy (non-hydrogen) atoms. The van der Waals surface area contributed by atoms with Crippen molar-refractivity contribution in [3.8, 4) is 0 Å². The fraction of sp³-hybridized carbons (Fsp3) is 0.357. The van der Waals surface area contributed by atoms with Crippen molar-refractivity contribution in [3.05, 3.63) is 47.5 Å². The zero-order valence-corrected chi connectivity index (χ0v) is 10.1. The summed E-state index contributed by atoms with van der Waals surface area (Å²) in [7, 11) is 0. The Labute approximate surface area is 96.9 Å². The predicted molar refractivity (Wildman–Crippen MR) is 65.2 cm³/mol. The molecule has 0 spiro atoms. The van der Waals surface area contributed by atoms with Crippen LogP contribution >= 0.6 is 0 Å². The molecular formula is C14H18O2.